The Morgan fingerprint density at radius 1 is 1.19 bits per heavy atom. The van der Waals surface area contributed by atoms with Gasteiger partial charge in [-0.05, 0) is 55.0 Å². The van der Waals surface area contributed by atoms with Gasteiger partial charge >= 0.3 is 0 Å². The fourth-order valence-corrected chi connectivity index (χ4v) is 3.52. The van der Waals surface area contributed by atoms with Crippen molar-refractivity contribution in [3.8, 4) is 5.75 Å². The summed E-state index contributed by atoms with van der Waals surface area (Å²) in [7, 11) is 0. The molecule has 7 heteroatoms. The minimum Gasteiger partial charge on any atom is -0.492 e. The lowest BCUT2D eigenvalue weighted by Crippen LogP contribution is -2.33. The topological polar surface area (TPSA) is 99.2 Å². The molecule has 2 aliphatic rings. The molecule has 0 spiro atoms. The summed E-state index contributed by atoms with van der Waals surface area (Å²) >= 11 is 0. The number of rotatable bonds is 4. The molecule has 7 nitrogen and oxygen atoms in total. The largest absolute Gasteiger partial charge is 0.492 e. The standard InChI is InChI=1S/C19H22N4O3/c20-14-2-4-17-13(9-14)11-19(25)23(22-17)7-8-26-15-3-5-16-12(10-15)1-6-18(24)21-16/h3,5,10-11,14H,1-2,4,6-9,20H2,(H,21,24). The predicted octanol–water partition coefficient (Wildman–Crippen LogP) is 1.02. The Labute approximate surface area is 151 Å². The smallest absolute Gasteiger partial charge is 0.267 e. The Kier molecular flexibility index (Phi) is 4.46. The molecule has 1 aliphatic carbocycles. The van der Waals surface area contributed by atoms with E-state index in [1.807, 2.05) is 18.2 Å². The maximum atomic E-state index is 12.2. The molecular formula is C19H22N4O3. The molecular weight excluding hydrogens is 332 g/mol. The van der Waals surface area contributed by atoms with E-state index in [2.05, 4.69) is 10.4 Å². The highest BCUT2D eigenvalue weighted by Gasteiger charge is 2.18. The first kappa shape index (κ1) is 16.8. The van der Waals surface area contributed by atoms with Crippen LogP contribution in [-0.2, 0) is 30.6 Å². The van der Waals surface area contributed by atoms with E-state index in [4.69, 9.17) is 10.5 Å². The first-order valence-electron chi connectivity index (χ1n) is 8.99. The summed E-state index contributed by atoms with van der Waals surface area (Å²) in [5, 5.41) is 7.33. The SMILES string of the molecule is NC1CCc2nn(CCOc3ccc4c(c3)CCC(=O)N4)c(=O)cc2C1. The number of nitrogens with one attached hydrogen (secondary N) is 1. The van der Waals surface area contributed by atoms with Crippen LogP contribution in [0.5, 0.6) is 5.75 Å². The second-order valence-corrected chi connectivity index (χ2v) is 6.90. The fraction of sp³-hybridized carbons (Fsp3) is 0.421. The summed E-state index contributed by atoms with van der Waals surface area (Å²) in [4.78, 5) is 23.6. The molecule has 0 radical (unpaired) electrons. The van der Waals surface area contributed by atoms with E-state index in [0.29, 0.717) is 26.0 Å². The van der Waals surface area contributed by atoms with Crippen molar-refractivity contribution in [1.29, 1.82) is 0 Å². The highest BCUT2D eigenvalue weighted by Crippen LogP contribution is 2.26. The van der Waals surface area contributed by atoms with Gasteiger partial charge in [0.25, 0.3) is 5.56 Å². The van der Waals surface area contributed by atoms with E-state index in [1.165, 1.54) is 4.68 Å². The zero-order valence-electron chi connectivity index (χ0n) is 14.5. The van der Waals surface area contributed by atoms with E-state index in [0.717, 1.165) is 47.5 Å². The van der Waals surface area contributed by atoms with Crippen LogP contribution in [0.15, 0.2) is 29.1 Å². The van der Waals surface area contributed by atoms with Crippen LogP contribution in [0.1, 0.15) is 29.7 Å². The number of aromatic nitrogens is 2. The lowest BCUT2D eigenvalue weighted by atomic mass is 9.93. The maximum Gasteiger partial charge on any atom is 0.267 e. The van der Waals surface area contributed by atoms with Gasteiger partial charge in [-0.2, -0.15) is 5.10 Å². The van der Waals surface area contributed by atoms with Crippen molar-refractivity contribution in [2.24, 2.45) is 5.73 Å². The number of aryl methyl sites for hydroxylation is 2. The van der Waals surface area contributed by atoms with Gasteiger partial charge in [-0.1, -0.05) is 0 Å². The average Bonchev–Trinajstić information content (AvgIpc) is 2.62. The molecule has 0 bridgehead atoms. The number of amides is 1. The Morgan fingerprint density at radius 3 is 2.96 bits per heavy atom. The number of fused-ring (bicyclic) bond motifs is 2. The molecule has 26 heavy (non-hydrogen) atoms. The lowest BCUT2D eigenvalue weighted by molar-refractivity contribution is -0.116. The summed E-state index contributed by atoms with van der Waals surface area (Å²) in [6.07, 6.45) is 3.65. The number of nitrogens with zero attached hydrogens (tertiary/aromatic N) is 2. The molecule has 1 aromatic carbocycles. The normalized spacial score (nSPS) is 18.7. The molecule has 0 fully saturated rings. The molecule has 136 valence electrons. The molecule has 1 aliphatic heterocycles. The van der Waals surface area contributed by atoms with Crippen LogP contribution in [0.4, 0.5) is 5.69 Å². The number of ether oxygens (including phenoxy) is 1. The second-order valence-electron chi connectivity index (χ2n) is 6.90. The Morgan fingerprint density at radius 2 is 2.08 bits per heavy atom. The highest BCUT2D eigenvalue weighted by atomic mass is 16.5. The van der Waals surface area contributed by atoms with Crippen LogP contribution in [0, 0.1) is 0 Å². The second kappa shape index (κ2) is 6.92. The summed E-state index contributed by atoms with van der Waals surface area (Å²) in [5.41, 5.74) is 9.70. The Balaban J connectivity index is 1.41. The van der Waals surface area contributed by atoms with Gasteiger partial charge < -0.3 is 15.8 Å². The number of carbonyl (C=O) groups is 1. The molecule has 1 atom stereocenters. The van der Waals surface area contributed by atoms with Gasteiger partial charge in [0.05, 0.1) is 12.2 Å². The summed E-state index contributed by atoms with van der Waals surface area (Å²) in [5.74, 6) is 0.780. The van der Waals surface area contributed by atoms with Gasteiger partial charge in [-0.25, -0.2) is 4.68 Å². The quantitative estimate of drug-likeness (QED) is 0.854. The number of nitrogens with two attached hydrogens (primary N) is 1. The van der Waals surface area contributed by atoms with Gasteiger partial charge in [0.15, 0.2) is 0 Å². The molecule has 1 aromatic heterocycles. The van der Waals surface area contributed by atoms with Crippen molar-refractivity contribution in [1.82, 2.24) is 9.78 Å². The van der Waals surface area contributed by atoms with Crippen molar-refractivity contribution >= 4 is 11.6 Å². The molecule has 1 unspecified atom stereocenters. The van der Waals surface area contributed by atoms with E-state index >= 15 is 0 Å². The van der Waals surface area contributed by atoms with Gasteiger partial charge in [0.2, 0.25) is 5.91 Å². The summed E-state index contributed by atoms with van der Waals surface area (Å²) in [6, 6.07) is 7.40. The highest BCUT2D eigenvalue weighted by molar-refractivity contribution is 5.93. The monoisotopic (exact) mass is 354 g/mol. The number of anilines is 1. The fourth-order valence-electron chi connectivity index (χ4n) is 3.52. The van der Waals surface area contributed by atoms with Crippen LogP contribution in [0.25, 0.3) is 0 Å². The van der Waals surface area contributed by atoms with E-state index in [-0.39, 0.29) is 17.5 Å². The molecule has 0 saturated carbocycles. The van der Waals surface area contributed by atoms with Crippen molar-refractivity contribution < 1.29 is 9.53 Å². The summed E-state index contributed by atoms with van der Waals surface area (Å²) < 4.78 is 7.25. The summed E-state index contributed by atoms with van der Waals surface area (Å²) in [6.45, 7) is 0.752. The molecule has 3 N–H and O–H groups in total. The van der Waals surface area contributed by atoms with E-state index in [9.17, 15) is 9.59 Å². The number of carbonyl (C=O) groups excluding carboxylic acids is 1. The number of hydrogen-bond donors (Lipinski definition) is 2. The zero-order valence-corrected chi connectivity index (χ0v) is 14.5. The van der Waals surface area contributed by atoms with Crippen LogP contribution in [0.2, 0.25) is 0 Å². The van der Waals surface area contributed by atoms with Crippen LogP contribution >= 0.6 is 0 Å². The number of hydrogen-bond acceptors (Lipinski definition) is 5. The minimum absolute atomic E-state index is 0.0463. The average molecular weight is 354 g/mol. The zero-order chi connectivity index (χ0) is 18.1. The van der Waals surface area contributed by atoms with E-state index < -0.39 is 0 Å². The third-order valence-electron chi connectivity index (χ3n) is 4.94. The van der Waals surface area contributed by atoms with Crippen molar-refractivity contribution in [2.75, 3.05) is 11.9 Å². The maximum absolute atomic E-state index is 12.2. The number of benzene rings is 1. The minimum atomic E-state index is -0.116. The molecule has 0 saturated heterocycles. The third-order valence-corrected chi connectivity index (χ3v) is 4.94. The predicted molar refractivity (Wildman–Crippen MR) is 97.4 cm³/mol. The first-order chi connectivity index (χ1) is 12.6. The Hall–Kier alpha value is -2.67. The van der Waals surface area contributed by atoms with E-state index in [1.54, 1.807) is 6.07 Å². The third kappa shape index (κ3) is 3.48. The van der Waals surface area contributed by atoms with Gasteiger partial charge in [-0.3, -0.25) is 9.59 Å². The van der Waals surface area contributed by atoms with Crippen LogP contribution in [-0.4, -0.2) is 28.3 Å². The van der Waals surface area contributed by atoms with Gasteiger partial charge in [0.1, 0.15) is 12.4 Å². The molecule has 2 aromatic rings. The molecule has 2 heterocycles. The van der Waals surface area contributed by atoms with Crippen molar-refractivity contribution in [3.05, 3.63) is 51.4 Å². The van der Waals surface area contributed by atoms with Crippen LogP contribution < -0.4 is 21.3 Å². The lowest BCUT2D eigenvalue weighted by Gasteiger charge is -2.21. The molecule has 1 amide bonds. The first-order valence-corrected chi connectivity index (χ1v) is 8.99. The van der Waals surface area contributed by atoms with Gasteiger partial charge in [0, 0.05) is 24.2 Å². The van der Waals surface area contributed by atoms with Crippen molar-refractivity contribution in [3.63, 3.8) is 0 Å². The van der Waals surface area contributed by atoms with Crippen molar-refractivity contribution in [2.45, 2.75) is 44.7 Å². The molecule has 4 rings (SSSR count). The Bertz CT molecular complexity index is 906. The van der Waals surface area contributed by atoms with Crippen LogP contribution in [0.3, 0.4) is 0 Å². The van der Waals surface area contributed by atoms with Gasteiger partial charge in [-0.15, -0.1) is 0 Å².